The number of aryl methyl sites for hydroxylation is 1. The van der Waals surface area contributed by atoms with Crippen molar-refractivity contribution in [3.8, 4) is 5.75 Å². The molecule has 0 spiro atoms. The molecule has 0 aliphatic carbocycles. The molecule has 0 fully saturated rings. The van der Waals surface area contributed by atoms with Gasteiger partial charge in [-0.1, -0.05) is 29.8 Å². The third-order valence-corrected chi connectivity index (χ3v) is 3.49. The van der Waals surface area contributed by atoms with E-state index < -0.39 is 5.60 Å². The molecule has 2 N–H and O–H groups in total. The maximum atomic E-state index is 12.9. The van der Waals surface area contributed by atoms with Crippen LogP contribution >= 0.6 is 0 Å². The van der Waals surface area contributed by atoms with Crippen molar-refractivity contribution >= 4 is 5.91 Å². The lowest BCUT2D eigenvalue weighted by Crippen LogP contribution is -2.40. The average Bonchev–Trinajstić information content (AvgIpc) is 2.53. The van der Waals surface area contributed by atoms with E-state index in [0.717, 1.165) is 5.56 Å². The quantitative estimate of drug-likeness (QED) is 0.861. The van der Waals surface area contributed by atoms with E-state index in [1.165, 1.54) is 24.3 Å². The molecule has 2 aromatic rings. The van der Waals surface area contributed by atoms with Gasteiger partial charge in [0.05, 0.1) is 6.54 Å². The number of benzene rings is 2. The Bertz CT molecular complexity index is 651. The summed E-state index contributed by atoms with van der Waals surface area (Å²) in [5.41, 5.74) is 0.350. The first-order valence-electron chi connectivity index (χ1n) is 7.31. The van der Waals surface area contributed by atoms with Gasteiger partial charge in [0.25, 0.3) is 5.91 Å². The molecule has 0 bridgehead atoms. The van der Waals surface area contributed by atoms with Gasteiger partial charge in [-0.2, -0.15) is 0 Å². The summed E-state index contributed by atoms with van der Waals surface area (Å²) >= 11 is 0. The molecule has 5 heteroatoms. The average molecular weight is 317 g/mol. The van der Waals surface area contributed by atoms with Crippen molar-refractivity contribution in [2.75, 3.05) is 13.2 Å². The lowest BCUT2D eigenvalue weighted by molar-refractivity contribution is -0.124. The van der Waals surface area contributed by atoms with Crippen LogP contribution in [0.25, 0.3) is 0 Å². The van der Waals surface area contributed by atoms with Gasteiger partial charge in [0.15, 0.2) is 6.61 Å². The van der Waals surface area contributed by atoms with E-state index in [2.05, 4.69) is 5.32 Å². The number of rotatable bonds is 6. The number of halogens is 1. The number of carbonyl (C=O) groups excluding carboxylic acids is 1. The number of nitrogens with one attached hydrogen (secondary N) is 1. The standard InChI is InChI=1S/C18H20FNO3/c1-13-3-9-16(10-4-13)23-11-17(21)20-12-18(2,22)14-5-7-15(19)8-6-14/h3-10,22H,11-12H2,1-2H3,(H,20,21). The fourth-order valence-corrected chi connectivity index (χ4v) is 2.02. The molecule has 0 aliphatic heterocycles. The topological polar surface area (TPSA) is 58.6 Å². The Hall–Kier alpha value is -2.40. The van der Waals surface area contributed by atoms with Crippen molar-refractivity contribution in [1.82, 2.24) is 5.32 Å². The molecule has 122 valence electrons. The highest BCUT2D eigenvalue weighted by Gasteiger charge is 2.23. The maximum absolute atomic E-state index is 12.9. The van der Waals surface area contributed by atoms with E-state index in [4.69, 9.17) is 4.74 Å². The number of ether oxygens (including phenoxy) is 1. The predicted octanol–water partition coefficient (Wildman–Crippen LogP) is 2.54. The summed E-state index contributed by atoms with van der Waals surface area (Å²) in [7, 11) is 0. The zero-order valence-electron chi connectivity index (χ0n) is 13.2. The minimum absolute atomic E-state index is 0.00865. The Morgan fingerprint density at radius 3 is 2.39 bits per heavy atom. The van der Waals surface area contributed by atoms with E-state index in [-0.39, 0.29) is 24.9 Å². The summed E-state index contributed by atoms with van der Waals surface area (Å²) in [6, 6.07) is 12.9. The highest BCUT2D eigenvalue weighted by atomic mass is 19.1. The van der Waals surface area contributed by atoms with Crippen molar-refractivity contribution in [3.63, 3.8) is 0 Å². The molecule has 0 saturated carbocycles. The summed E-state index contributed by atoms with van der Waals surface area (Å²) in [6.07, 6.45) is 0. The first kappa shape index (κ1) is 17.0. The lowest BCUT2D eigenvalue weighted by atomic mass is 9.96. The molecule has 4 nitrogen and oxygen atoms in total. The van der Waals surface area contributed by atoms with Crippen molar-refractivity contribution in [2.24, 2.45) is 0 Å². The number of carbonyl (C=O) groups is 1. The van der Waals surface area contributed by atoms with Crippen LogP contribution in [0.2, 0.25) is 0 Å². The van der Waals surface area contributed by atoms with Gasteiger partial charge in [-0.15, -0.1) is 0 Å². The summed E-state index contributed by atoms with van der Waals surface area (Å²) in [4.78, 5) is 11.8. The van der Waals surface area contributed by atoms with Gasteiger partial charge in [-0.05, 0) is 43.7 Å². The fourth-order valence-electron chi connectivity index (χ4n) is 2.02. The van der Waals surface area contributed by atoms with Gasteiger partial charge < -0.3 is 15.2 Å². The minimum Gasteiger partial charge on any atom is -0.484 e. The first-order chi connectivity index (χ1) is 10.9. The summed E-state index contributed by atoms with van der Waals surface area (Å²) in [5.74, 6) is -0.107. The molecular weight excluding hydrogens is 297 g/mol. The minimum atomic E-state index is -1.28. The van der Waals surface area contributed by atoms with E-state index in [0.29, 0.717) is 11.3 Å². The van der Waals surface area contributed by atoms with Gasteiger partial charge in [0.1, 0.15) is 17.2 Å². The van der Waals surface area contributed by atoms with Crippen molar-refractivity contribution < 1.29 is 19.0 Å². The van der Waals surface area contributed by atoms with Crippen LogP contribution in [0, 0.1) is 12.7 Å². The Morgan fingerprint density at radius 1 is 1.17 bits per heavy atom. The number of aliphatic hydroxyl groups is 1. The van der Waals surface area contributed by atoms with E-state index in [1.807, 2.05) is 19.1 Å². The van der Waals surface area contributed by atoms with E-state index in [1.54, 1.807) is 19.1 Å². The van der Waals surface area contributed by atoms with Crippen molar-refractivity contribution in [3.05, 3.63) is 65.5 Å². The zero-order chi connectivity index (χ0) is 16.9. The number of amides is 1. The van der Waals surface area contributed by atoms with Gasteiger partial charge >= 0.3 is 0 Å². The van der Waals surface area contributed by atoms with Crippen LogP contribution in [0.4, 0.5) is 4.39 Å². The van der Waals surface area contributed by atoms with Crippen molar-refractivity contribution in [2.45, 2.75) is 19.4 Å². The first-order valence-corrected chi connectivity index (χ1v) is 7.31. The van der Waals surface area contributed by atoms with Crippen LogP contribution in [0.3, 0.4) is 0 Å². The van der Waals surface area contributed by atoms with Gasteiger partial charge in [-0.25, -0.2) is 4.39 Å². The number of hydrogen-bond donors (Lipinski definition) is 2. The monoisotopic (exact) mass is 317 g/mol. The molecule has 1 amide bonds. The normalized spacial score (nSPS) is 13.2. The molecule has 0 aliphatic rings. The Labute approximate surface area is 134 Å². The SMILES string of the molecule is Cc1ccc(OCC(=O)NCC(C)(O)c2ccc(F)cc2)cc1. The smallest absolute Gasteiger partial charge is 0.258 e. The van der Waals surface area contributed by atoms with Crippen LogP contribution in [0.5, 0.6) is 5.75 Å². The molecule has 2 rings (SSSR count). The van der Waals surface area contributed by atoms with Gasteiger partial charge in [0, 0.05) is 0 Å². The highest BCUT2D eigenvalue weighted by molar-refractivity contribution is 5.77. The van der Waals surface area contributed by atoms with Crippen LogP contribution in [0.1, 0.15) is 18.1 Å². The molecule has 0 aromatic heterocycles. The third-order valence-electron chi connectivity index (χ3n) is 3.49. The molecule has 1 atom stereocenters. The summed E-state index contributed by atoms with van der Waals surface area (Å²) in [5, 5.41) is 13.0. The lowest BCUT2D eigenvalue weighted by Gasteiger charge is -2.24. The van der Waals surface area contributed by atoms with Crippen LogP contribution in [-0.4, -0.2) is 24.2 Å². The molecule has 2 aromatic carbocycles. The highest BCUT2D eigenvalue weighted by Crippen LogP contribution is 2.19. The second-order valence-electron chi connectivity index (χ2n) is 5.66. The predicted molar refractivity (Wildman–Crippen MR) is 85.7 cm³/mol. The molecule has 0 radical (unpaired) electrons. The Morgan fingerprint density at radius 2 is 1.78 bits per heavy atom. The zero-order valence-corrected chi connectivity index (χ0v) is 13.2. The van der Waals surface area contributed by atoms with Crippen LogP contribution in [-0.2, 0) is 10.4 Å². The molecule has 1 unspecified atom stereocenters. The molecular formula is C18H20FNO3. The second-order valence-corrected chi connectivity index (χ2v) is 5.66. The van der Waals surface area contributed by atoms with Crippen molar-refractivity contribution in [1.29, 1.82) is 0 Å². The molecule has 0 heterocycles. The second kappa shape index (κ2) is 7.24. The summed E-state index contributed by atoms with van der Waals surface area (Å²) < 4.78 is 18.3. The summed E-state index contributed by atoms with van der Waals surface area (Å²) in [6.45, 7) is 3.40. The Balaban J connectivity index is 1.83. The van der Waals surface area contributed by atoms with E-state index >= 15 is 0 Å². The maximum Gasteiger partial charge on any atom is 0.258 e. The van der Waals surface area contributed by atoms with Crippen LogP contribution in [0.15, 0.2) is 48.5 Å². The number of hydrogen-bond acceptors (Lipinski definition) is 3. The van der Waals surface area contributed by atoms with E-state index in [9.17, 15) is 14.3 Å². The fraction of sp³-hybridized carbons (Fsp3) is 0.278. The third kappa shape index (κ3) is 5.07. The van der Waals surface area contributed by atoms with Gasteiger partial charge in [-0.3, -0.25) is 4.79 Å². The van der Waals surface area contributed by atoms with Gasteiger partial charge in [0.2, 0.25) is 0 Å². The Kier molecular flexibility index (Phi) is 5.34. The molecule has 0 saturated heterocycles. The largest absolute Gasteiger partial charge is 0.484 e. The van der Waals surface area contributed by atoms with Crippen LogP contribution < -0.4 is 10.1 Å². The molecule has 23 heavy (non-hydrogen) atoms.